The van der Waals surface area contributed by atoms with Gasteiger partial charge in [-0.1, -0.05) is 18.2 Å². The van der Waals surface area contributed by atoms with Crippen molar-refractivity contribution < 1.29 is 4.79 Å². The lowest BCUT2D eigenvalue weighted by atomic mass is 9.99. The van der Waals surface area contributed by atoms with Crippen molar-refractivity contribution in [2.24, 2.45) is 0 Å². The molecule has 20 heavy (non-hydrogen) atoms. The lowest BCUT2D eigenvalue weighted by Gasteiger charge is -2.18. The van der Waals surface area contributed by atoms with Gasteiger partial charge in [0.1, 0.15) is 0 Å². The van der Waals surface area contributed by atoms with Gasteiger partial charge in [0.25, 0.3) is 0 Å². The molecule has 1 aromatic heterocycles. The molecule has 104 valence electrons. The summed E-state index contributed by atoms with van der Waals surface area (Å²) in [4.78, 5) is 18.9. The second-order valence-electron chi connectivity index (χ2n) is 5.73. The average molecular weight is 268 g/mol. The number of hydrogen-bond acceptors (Lipinski definition) is 2. The van der Waals surface area contributed by atoms with E-state index in [0.29, 0.717) is 12.5 Å². The molecule has 1 aromatic carbocycles. The van der Waals surface area contributed by atoms with Gasteiger partial charge >= 0.3 is 0 Å². The molecule has 1 saturated carbocycles. The standard InChI is InChI=1S/C17H20N2O/c1-11-14-6-4-5-7-16(14)18-12(2)15(11)10-17(20)19(3)13-8-9-13/h4-7,13H,8-10H2,1-3H3. The summed E-state index contributed by atoms with van der Waals surface area (Å²) in [5.41, 5.74) is 4.25. The van der Waals surface area contributed by atoms with Gasteiger partial charge in [0.15, 0.2) is 0 Å². The fourth-order valence-electron chi connectivity index (χ4n) is 2.77. The molecule has 0 radical (unpaired) electrons. The van der Waals surface area contributed by atoms with Gasteiger partial charge in [0.2, 0.25) is 5.91 Å². The number of carbonyl (C=O) groups excluding carboxylic acids is 1. The summed E-state index contributed by atoms with van der Waals surface area (Å²) in [6.45, 7) is 4.09. The number of pyridine rings is 1. The number of carbonyl (C=O) groups is 1. The fourth-order valence-corrected chi connectivity index (χ4v) is 2.77. The Balaban J connectivity index is 1.96. The van der Waals surface area contributed by atoms with Gasteiger partial charge in [-0.25, -0.2) is 0 Å². The summed E-state index contributed by atoms with van der Waals surface area (Å²) < 4.78 is 0. The number of aryl methyl sites for hydroxylation is 2. The first-order valence-corrected chi connectivity index (χ1v) is 7.18. The summed E-state index contributed by atoms with van der Waals surface area (Å²) in [6.07, 6.45) is 2.76. The second-order valence-corrected chi connectivity index (χ2v) is 5.73. The molecule has 1 fully saturated rings. The predicted molar refractivity (Wildman–Crippen MR) is 80.7 cm³/mol. The van der Waals surface area contributed by atoms with Crippen molar-refractivity contribution in [2.75, 3.05) is 7.05 Å². The highest BCUT2D eigenvalue weighted by Gasteiger charge is 2.29. The molecule has 2 aromatic rings. The van der Waals surface area contributed by atoms with Gasteiger partial charge in [-0.05, 0) is 43.9 Å². The van der Waals surface area contributed by atoms with Gasteiger partial charge in [-0.3, -0.25) is 9.78 Å². The minimum atomic E-state index is 0.204. The van der Waals surface area contributed by atoms with Crippen LogP contribution in [0.1, 0.15) is 29.7 Å². The maximum atomic E-state index is 12.3. The Morgan fingerprint density at radius 2 is 2.00 bits per heavy atom. The van der Waals surface area contributed by atoms with Crippen molar-refractivity contribution in [1.82, 2.24) is 9.88 Å². The average Bonchev–Trinajstić information content (AvgIpc) is 3.27. The third-order valence-electron chi connectivity index (χ3n) is 4.30. The van der Waals surface area contributed by atoms with E-state index >= 15 is 0 Å². The zero-order valence-corrected chi connectivity index (χ0v) is 12.3. The highest BCUT2D eigenvalue weighted by molar-refractivity contribution is 5.86. The molecule has 3 nitrogen and oxygen atoms in total. The number of likely N-dealkylation sites (N-methyl/N-ethyl adjacent to an activating group) is 1. The molecule has 0 unspecified atom stereocenters. The van der Waals surface area contributed by atoms with Gasteiger partial charge in [0, 0.05) is 24.2 Å². The van der Waals surface area contributed by atoms with Crippen molar-refractivity contribution in [3.63, 3.8) is 0 Å². The van der Waals surface area contributed by atoms with Crippen molar-refractivity contribution >= 4 is 16.8 Å². The van der Waals surface area contributed by atoms with Gasteiger partial charge in [-0.15, -0.1) is 0 Å². The van der Waals surface area contributed by atoms with E-state index in [1.807, 2.05) is 37.1 Å². The van der Waals surface area contributed by atoms with Crippen LogP contribution in [0.4, 0.5) is 0 Å². The molecule has 3 rings (SSSR count). The zero-order valence-electron chi connectivity index (χ0n) is 12.3. The van der Waals surface area contributed by atoms with Crippen LogP contribution in [0.2, 0.25) is 0 Å². The Hall–Kier alpha value is -1.90. The first-order valence-electron chi connectivity index (χ1n) is 7.18. The van der Waals surface area contributed by atoms with E-state index in [9.17, 15) is 4.79 Å². The number of rotatable bonds is 3. The monoisotopic (exact) mass is 268 g/mol. The minimum absolute atomic E-state index is 0.204. The number of benzene rings is 1. The number of nitrogens with zero attached hydrogens (tertiary/aromatic N) is 2. The van der Waals surface area contributed by atoms with E-state index in [1.54, 1.807) is 0 Å². The summed E-state index contributed by atoms with van der Waals surface area (Å²) in [6, 6.07) is 8.60. The zero-order chi connectivity index (χ0) is 14.3. The quantitative estimate of drug-likeness (QED) is 0.857. The maximum absolute atomic E-state index is 12.3. The van der Waals surface area contributed by atoms with Crippen molar-refractivity contribution in [3.8, 4) is 0 Å². The van der Waals surface area contributed by atoms with Crippen LogP contribution in [0, 0.1) is 13.8 Å². The van der Waals surface area contributed by atoms with Crippen LogP contribution in [0.15, 0.2) is 24.3 Å². The SMILES string of the molecule is Cc1nc2ccccc2c(C)c1CC(=O)N(C)C1CC1. The van der Waals surface area contributed by atoms with Crippen LogP contribution in [0.5, 0.6) is 0 Å². The molecular weight excluding hydrogens is 248 g/mol. The molecule has 0 saturated heterocycles. The van der Waals surface area contributed by atoms with E-state index in [4.69, 9.17) is 0 Å². The summed E-state index contributed by atoms with van der Waals surface area (Å²) in [5, 5.41) is 1.15. The Morgan fingerprint density at radius 3 is 2.70 bits per heavy atom. The van der Waals surface area contributed by atoms with Crippen LogP contribution >= 0.6 is 0 Å². The smallest absolute Gasteiger partial charge is 0.227 e. The normalized spacial score (nSPS) is 14.6. The first-order chi connectivity index (χ1) is 9.58. The second kappa shape index (κ2) is 4.89. The predicted octanol–water partition coefficient (Wildman–Crippen LogP) is 3.01. The van der Waals surface area contributed by atoms with E-state index in [1.165, 1.54) is 5.56 Å². The lowest BCUT2D eigenvalue weighted by molar-refractivity contribution is -0.129. The topological polar surface area (TPSA) is 33.2 Å². The highest BCUT2D eigenvalue weighted by Crippen LogP contribution is 2.27. The molecule has 0 N–H and O–H groups in total. The molecule has 1 amide bonds. The first kappa shape index (κ1) is 13.1. The molecule has 1 aliphatic rings. The van der Waals surface area contributed by atoms with Gasteiger partial charge < -0.3 is 4.90 Å². The molecule has 0 bridgehead atoms. The third kappa shape index (κ3) is 2.28. The molecular formula is C17H20N2O. The molecule has 1 aliphatic carbocycles. The Morgan fingerprint density at radius 1 is 1.30 bits per heavy atom. The summed E-state index contributed by atoms with van der Waals surface area (Å²) in [5.74, 6) is 0.204. The summed E-state index contributed by atoms with van der Waals surface area (Å²) >= 11 is 0. The molecule has 3 heteroatoms. The molecule has 0 atom stereocenters. The lowest BCUT2D eigenvalue weighted by Crippen LogP contribution is -2.30. The maximum Gasteiger partial charge on any atom is 0.227 e. The summed E-state index contributed by atoms with van der Waals surface area (Å²) in [7, 11) is 1.92. The van der Waals surface area contributed by atoms with E-state index in [0.717, 1.165) is 35.0 Å². The van der Waals surface area contributed by atoms with Crippen LogP contribution in [0.3, 0.4) is 0 Å². The molecule has 0 spiro atoms. The number of para-hydroxylation sites is 1. The van der Waals surface area contributed by atoms with Crippen molar-refractivity contribution in [2.45, 2.75) is 39.2 Å². The third-order valence-corrected chi connectivity index (χ3v) is 4.30. The van der Waals surface area contributed by atoms with Crippen molar-refractivity contribution in [1.29, 1.82) is 0 Å². The van der Waals surface area contributed by atoms with Crippen molar-refractivity contribution in [3.05, 3.63) is 41.1 Å². The Bertz CT molecular complexity index is 674. The largest absolute Gasteiger partial charge is 0.342 e. The van der Waals surface area contributed by atoms with Gasteiger partial charge in [0.05, 0.1) is 11.9 Å². The molecule has 0 aliphatic heterocycles. The number of fused-ring (bicyclic) bond motifs is 1. The van der Waals surface area contributed by atoms with Crippen LogP contribution < -0.4 is 0 Å². The Kier molecular flexibility index (Phi) is 3.20. The van der Waals surface area contributed by atoms with Gasteiger partial charge in [-0.2, -0.15) is 0 Å². The Labute approximate surface area is 119 Å². The van der Waals surface area contributed by atoms with E-state index < -0.39 is 0 Å². The highest BCUT2D eigenvalue weighted by atomic mass is 16.2. The fraction of sp³-hybridized carbons (Fsp3) is 0.412. The minimum Gasteiger partial charge on any atom is -0.342 e. The van der Waals surface area contributed by atoms with Crippen LogP contribution in [-0.4, -0.2) is 28.9 Å². The van der Waals surface area contributed by atoms with Crippen LogP contribution in [-0.2, 0) is 11.2 Å². The van der Waals surface area contributed by atoms with Crippen LogP contribution in [0.25, 0.3) is 10.9 Å². The number of aromatic nitrogens is 1. The van der Waals surface area contributed by atoms with E-state index in [-0.39, 0.29) is 5.91 Å². The van der Waals surface area contributed by atoms with E-state index in [2.05, 4.69) is 18.0 Å². The molecule has 1 heterocycles. The number of hydrogen-bond donors (Lipinski definition) is 0. The number of amides is 1.